The summed E-state index contributed by atoms with van der Waals surface area (Å²) >= 11 is 0. The highest BCUT2D eigenvalue weighted by atomic mass is 15.1. The molecule has 0 aliphatic heterocycles. The Bertz CT molecular complexity index is 2540. The first kappa shape index (κ1) is 28.4. The zero-order chi connectivity index (χ0) is 32.6. The van der Waals surface area contributed by atoms with E-state index in [-0.39, 0.29) is 0 Å². The predicted molar refractivity (Wildman–Crippen MR) is 197 cm³/mol. The van der Waals surface area contributed by atoms with E-state index in [4.69, 9.17) is 19.9 Å². The number of nitrogens with zero attached hydrogens (tertiary/aromatic N) is 6. The first-order valence-electron chi connectivity index (χ1n) is 16.2. The summed E-state index contributed by atoms with van der Waals surface area (Å²) < 4.78 is 2.22. The smallest absolute Gasteiger partial charge is 0.164 e. The van der Waals surface area contributed by atoms with Crippen LogP contribution < -0.4 is 0 Å². The van der Waals surface area contributed by atoms with Crippen LogP contribution in [0.1, 0.15) is 0 Å². The van der Waals surface area contributed by atoms with Crippen LogP contribution in [0.2, 0.25) is 0 Å². The minimum atomic E-state index is 0.631. The van der Waals surface area contributed by atoms with Crippen LogP contribution in [0, 0.1) is 0 Å². The Hall–Kier alpha value is -6.79. The van der Waals surface area contributed by atoms with E-state index in [0.29, 0.717) is 17.5 Å². The summed E-state index contributed by atoms with van der Waals surface area (Å²) in [6.45, 7) is 0. The molecule has 0 spiro atoms. The summed E-state index contributed by atoms with van der Waals surface area (Å²) in [5.41, 5.74) is 8.85. The third kappa shape index (κ3) is 5.31. The molecule has 0 aliphatic rings. The van der Waals surface area contributed by atoms with Crippen LogP contribution in [0.15, 0.2) is 170 Å². The fourth-order valence-corrected chi connectivity index (χ4v) is 6.35. The molecule has 49 heavy (non-hydrogen) atoms. The molecule has 3 aromatic heterocycles. The van der Waals surface area contributed by atoms with Crippen molar-refractivity contribution in [2.24, 2.45) is 0 Å². The number of hydrogen-bond acceptors (Lipinski definition) is 5. The Balaban J connectivity index is 1.15. The topological polar surface area (TPSA) is 69.4 Å². The summed E-state index contributed by atoms with van der Waals surface area (Å²) in [5.74, 6) is 2.73. The lowest BCUT2D eigenvalue weighted by atomic mass is 9.98. The Morgan fingerprint density at radius 1 is 0.408 bits per heavy atom. The van der Waals surface area contributed by atoms with Crippen LogP contribution in [0.3, 0.4) is 0 Å². The van der Waals surface area contributed by atoms with Gasteiger partial charge in [-0.3, -0.25) is 9.55 Å². The van der Waals surface area contributed by atoms with E-state index in [1.165, 1.54) is 0 Å². The molecule has 6 aromatic carbocycles. The summed E-state index contributed by atoms with van der Waals surface area (Å²) in [5, 5.41) is 2.25. The molecule has 0 aliphatic carbocycles. The van der Waals surface area contributed by atoms with Gasteiger partial charge in [0, 0.05) is 28.3 Å². The largest absolute Gasteiger partial charge is 0.290 e. The molecule has 0 bridgehead atoms. The Morgan fingerprint density at radius 2 is 1.02 bits per heavy atom. The van der Waals surface area contributed by atoms with Crippen LogP contribution in [-0.2, 0) is 0 Å². The van der Waals surface area contributed by atoms with Crippen molar-refractivity contribution in [1.82, 2.24) is 29.5 Å². The number of aromatic nitrogens is 6. The highest BCUT2D eigenvalue weighted by Crippen LogP contribution is 2.34. The molecule has 0 atom stereocenters. The zero-order valence-corrected chi connectivity index (χ0v) is 26.3. The van der Waals surface area contributed by atoms with E-state index in [1.807, 2.05) is 97.2 Å². The monoisotopic (exact) mass is 628 g/mol. The van der Waals surface area contributed by atoms with Gasteiger partial charge in [0.05, 0.1) is 16.7 Å². The van der Waals surface area contributed by atoms with Gasteiger partial charge in [-0.25, -0.2) is 19.9 Å². The van der Waals surface area contributed by atoms with Crippen molar-refractivity contribution >= 4 is 21.8 Å². The number of para-hydroxylation sites is 2. The van der Waals surface area contributed by atoms with E-state index in [2.05, 4.69) is 82.3 Å². The highest BCUT2D eigenvalue weighted by Gasteiger charge is 2.17. The SMILES string of the molecule is c1ccc(-c2nc(-c3ccccc3)nc(-c3cccc(-c4ccc5c(-n6c(-c7ccccn7)nc7ccccc76)cccc5c4)c3)n2)cc1. The summed E-state index contributed by atoms with van der Waals surface area (Å²) in [4.78, 5) is 24.4. The molecule has 6 heteroatoms. The molecule has 230 valence electrons. The van der Waals surface area contributed by atoms with Gasteiger partial charge in [-0.05, 0) is 59.0 Å². The lowest BCUT2D eigenvalue weighted by molar-refractivity contribution is 1.07. The standard InChI is InChI=1S/C43H28N6/c1-3-13-29(14-4-1)40-46-41(30-15-5-2-6-16-30)48-42(47-40)34-19-11-17-31(28-34)32-24-25-35-33(27-32)18-12-23-38(35)49-39-22-8-7-20-36(39)45-43(49)37-21-9-10-26-44-37/h1-28H. The molecule has 9 aromatic rings. The zero-order valence-electron chi connectivity index (χ0n) is 26.3. The first-order chi connectivity index (χ1) is 24.3. The fourth-order valence-electron chi connectivity index (χ4n) is 6.35. The average molecular weight is 629 g/mol. The highest BCUT2D eigenvalue weighted by molar-refractivity contribution is 5.96. The number of fused-ring (bicyclic) bond motifs is 2. The summed E-state index contributed by atoms with van der Waals surface area (Å²) in [7, 11) is 0. The Labute approximate surface area is 283 Å². The van der Waals surface area contributed by atoms with E-state index in [9.17, 15) is 0 Å². The molecular weight excluding hydrogens is 601 g/mol. The van der Waals surface area contributed by atoms with Gasteiger partial charge in [-0.2, -0.15) is 0 Å². The van der Waals surface area contributed by atoms with E-state index >= 15 is 0 Å². The second-order valence-corrected chi connectivity index (χ2v) is 11.8. The van der Waals surface area contributed by atoms with Crippen LogP contribution >= 0.6 is 0 Å². The quantitative estimate of drug-likeness (QED) is 0.183. The minimum Gasteiger partial charge on any atom is -0.290 e. The van der Waals surface area contributed by atoms with Crippen molar-refractivity contribution in [3.63, 3.8) is 0 Å². The summed E-state index contributed by atoms with van der Waals surface area (Å²) in [6.07, 6.45) is 1.81. The molecule has 6 nitrogen and oxygen atoms in total. The van der Waals surface area contributed by atoms with E-state index < -0.39 is 0 Å². The van der Waals surface area contributed by atoms with Crippen molar-refractivity contribution in [2.45, 2.75) is 0 Å². The number of imidazole rings is 1. The lowest BCUT2D eigenvalue weighted by Crippen LogP contribution is -2.00. The minimum absolute atomic E-state index is 0.631. The molecule has 0 radical (unpaired) electrons. The van der Waals surface area contributed by atoms with Crippen molar-refractivity contribution in [2.75, 3.05) is 0 Å². The van der Waals surface area contributed by atoms with Crippen molar-refractivity contribution in [3.05, 3.63) is 170 Å². The van der Waals surface area contributed by atoms with Gasteiger partial charge >= 0.3 is 0 Å². The fraction of sp³-hybridized carbons (Fsp3) is 0. The van der Waals surface area contributed by atoms with Gasteiger partial charge < -0.3 is 0 Å². The molecule has 9 rings (SSSR count). The van der Waals surface area contributed by atoms with Gasteiger partial charge in [0.2, 0.25) is 0 Å². The van der Waals surface area contributed by atoms with Gasteiger partial charge in [0.15, 0.2) is 23.3 Å². The van der Waals surface area contributed by atoms with Gasteiger partial charge in [0.1, 0.15) is 5.69 Å². The Kier molecular flexibility index (Phi) is 7.02. The summed E-state index contributed by atoms with van der Waals surface area (Å²) in [6, 6.07) is 55.7. The number of rotatable bonds is 6. The average Bonchev–Trinajstić information content (AvgIpc) is 3.58. The first-order valence-corrected chi connectivity index (χ1v) is 16.2. The van der Waals surface area contributed by atoms with Crippen molar-refractivity contribution < 1.29 is 0 Å². The van der Waals surface area contributed by atoms with Gasteiger partial charge in [-0.1, -0.05) is 121 Å². The number of benzene rings is 6. The van der Waals surface area contributed by atoms with Crippen molar-refractivity contribution in [1.29, 1.82) is 0 Å². The van der Waals surface area contributed by atoms with Crippen LogP contribution in [0.25, 0.3) is 84.3 Å². The molecular formula is C43H28N6. The van der Waals surface area contributed by atoms with Crippen molar-refractivity contribution in [3.8, 4) is 62.5 Å². The predicted octanol–water partition coefficient (Wildman–Crippen LogP) is 10.1. The molecule has 0 amide bonds. The van der Waals surface area contributed by atoms with Crippen LogP contribution in [-0.4, -0.2) is 29.5 Å². The molecule has 0 fully saturated rings. The second kappa shape index (κ2) is 12.1. The molecule has 0 saturated carbocycles. The Morgan fingerprint density at radius 3 is 1.76 bits per heavy atom. The van der Waals surface area contributed by atoms with E-state index in [1.54, 1.807) is 0 Å². The molecule has 0 saturated heterocycles. The molecule has 0 unspecified atom stereocenters. The lowest BCUT2D eigenvalue weighted by Gasteiger charge is -2.14. The van der Waals surface area contributed by atoms with Crippen LogP contribution in [0.4, 0.5) is 0 Å². The van der Waals surface area contributed by atoms with Crippen LogP contribution in [0.5, 0.6) is 0 Å². The maximum Gasteiger partial charge on any atom is 0.164 e. The normalized spacial score (nSPS) is 11.3. The number of hydrogen-bond donors (Lipinski definition) is 0. The van der Waals surface area contributed by atoms with Gasteiger partial charge in [-0.15, -0.1) is 0 Å². The maximum atomic E-state index is 5.00. The maximum absolute atomic E-state index is 5.00. The van der Waals surface area contributed by atoms with E-state index in [0.717, 1.165) is 66.8 Å². The third-order valence-corrected chi connectivity index (χ3v) is 8.71. The second-order valence-electron chi connectivity index (χ2n) is 11.8. The van der Waals surface area contributed by atoms with Gasteiger partial charge in [0.25, 0.3) is 0 Å². The molecule has 0 N–H and O–H groups in total. The number of pyridine rings is 1. The third-order valence-electron chi connectivity index (χ3n) is 8.71. The molecule has 3 heterocycles.